The molecule has 0 spiro atoms. The Balaban J connectivity index is 2.10. The quantitative estimate of drug-likeness (QED) is 0.759. The van der Waals surface area contributed by atoms with Crippen LogP contribution in [0, 0.1) is 5.92 Å². The molecule has 2 heterocycles. The van der Waals surface area contributed by atoms with E-state index in [4.69, 9.17) is 10.5 Å². The van der Waals surface area contributed by atoms with Crippen molar-refractivity contribution >= 4 is 5.82 Å². The molecular formula is C10H15N3O. The van der Waals surface area contributed by atoms with E-state index in [0.29, 0.717) is 5.92 Å². The maximum Gasteiger partial charge on any atom is 0.171 e. The van der Waals surface area contributed by atoms with Crippen LogP contribution in [0.2, 0.25) is 0 Å². The molecule has 1 aromatic rings. The second-order valence-corrected chi connectivity index (χ2v) is 3.54. The van der Waals surface area contributed by atoms with Gasteiger partial charge < -0.3 is 15.4 Å². The van der Waals surface area contributed by atoms with Gasteiger partial charge in [-0.15, -0.1) is 0 Å². The fourth-order valence-corrected chi connectivity index (χ4v) is 1.67. The van der Waals surface area contributed by atoms with Crippen molar-refractivity contribution in [2.75, 3.05) is 31.6 Å². The van der Waals surface area contributed by atoms with E-state index < -0.39 is 0 Å². The molecule has 0 atom stereocenters. The van der Waals surface area contributed by atoms with Crippen molar-refractivity contribution in [3.63, 3.8) is 0 Å². The monoisotopic (exact) mass is 193 g/mol. The van der Waals surface area contributed by atoms with E-state index in [2.05, 4.69) is 9.88 Å². The summed E-state index contributed by atoms with van der Waals surface area (Å²) in [6, 6.07) is 3.81. The number of pyridine rings is 1. The number of hydrogen-bond acceptors (Lipinski definition) is 4. The number of anilines is 1. The first-order valence-electron chi connectivity index (χ1n) is 4.79. The lowest BCUT2D eigenvalue weighted by Crippen LogP contribution is -2.50. The van der Waals surface area contributed by atoms with Crippen LogP contribution in [0.1, 0.15) is 0 Å². The molecule has 0 radical (unpaired) electrons. The molecular weight excluding hydrogens is 178 g/mol. The van der Waals surface area contributed by atoms with Gasteiger partial charge in [-0.2, -0.15) is 0 Å². The van der Waals surface area contributed by atoms with Gasteiger partial charge in [0.05, 0.1) is 7.11 Å². The lowest BCUT2D eigenvalue weighted by molar-refractivity contribution is 0.387. The predicted octanol–water partition coefficient (Wildman–Crippen LogP) is 0.485. The largest absolute Gasteiger partial charge is 0.493 e. The maximum atomic E-state index is 5.57. The van der Waals surface area contributed by atoms with Gasteiger partial charge in [-0.05, 0) is 18.7 Å². The number of hydrogen-bond donors (Lipinski definition) is 1. The molecule has 1 aliphatic heterocycles. The summed E-state index contributed by atoms with van der Waals surface area (Å²) in [5.41, 5.74) is 5.57. The highest BCUT2D eigenvalue weighted by Gasteiger charge is 2.28. The molecule has 4 nitrogen and oxygen atoms in total. The summed E-state index contributed by atoms with van der Waals surface area (Å²) in [7, 11) is 1.67. The van der Waals surface area contributed by atoms with Gasteiger partial charge in [0, 0.05) is 25.2 Å². The lowest BCUT2D eigenvalue weighted by Gasteiger charge is -2.39. The number of methoxy groups -OCH3 is 1. The summed E-state index contributed by atoms with van der Waals surface area (Å²) in [5, 5.41) is 0. The summed E-state index contributed by atoms with van der Waals surface area (Å²) in [6.07, 6.45) is 1.79. The van der Waals surface area contributed by atoms with Gasteiger partial charge in [-0.1, -0.05) is 0 Å². The first-order chi connectivity index (χ1) is 6.85. The smallest absolute Gasteiger partial charge is 0.171 e. The second-order valence-electron chi connectivity index (χ2n) is 3.54. The molecule has 0 unspecified atom stereocenters. The Labute approximate surface area is 83.7 Å². The number of nitrogens with zero attached hydrogens (tertiary/aromatic N) is 2. The van der Waals surface area contributed by atoms with E-state index in [1.165, 1.54) is 0 Å². The summed E-state index contributed by atoms with van der Waals surface area (Å²) in [6.45, 7) is 2.74. The molecule has 0 bridgehead atoms. The van der Waals surface area contributed by atoms with Crippen LogP contribution in [0.4, 0.5) is 5.82 Å². The summed E-state index contributed by atoms with van der Waals surface area (Å²) < 4.78 is 5.24. The molecule has 2 rings (SSSR count). The zero-order valence-corrected chi connectivity index (χ0v) is 8.31. The molecule has 2 N–H and O–H groups in total. The number of nitrogens with two attached hydrogens (primary N) is 1. The molecule has 14 heavy (non-hydrogen) atoms. The van der Waals surface area contributed by atoms with Crippen LogP contribution in [-0.2, 0) is 0 Å². The molecule has 76 valence electrons. The minimum atomic E-state index is 0.613. The number of ether oxygens (including phenoxy) is 1. The third kappa shape index (κ3) is 1.53. The van der Waals surface area contributed by atoms with E-state index in [0.717, 1.165) is 31.2 Å². The van der Waals surface area contributed by atoms with Crippen molar-refractivity contribution in [3.05, 3.63) is 18.3 Å². The highest BCUT2D eigenvalue weighted by Crippen LogP contribution is 2.29. The van der Waals surface area contributed by atoms with E-state index in [1.807, 2.05) is 12.1 Å². The maximum absolute atomic E-state index is 5.57. The van der Waals surface area contributed by atoms with Crippen LogP contribution in [0.3, 0.4) is 0 Å². The van der Waals surface area contributed by atoms with Gasteiger partial charge in [0.25, 0.3) is 0 Å². The average molecular weight is 193 g/mol. The molecule has 1 saturated heterocycles. The van der Waals surface area contributed by atoms with Crippen molar-refractivity contribution < 1.29 is 4.74 Å². The molecule has 1 fully saturated rings. The third-order valence-corrected chi connectivity index (χ3v) is 2.56. The van der Waals surface area contributed by atoms with Crippen molar-refractivity contribution in [2.45, 2.75) is 0 Å². The molecule has 0 amide bonds. The summed E-state index contributed by atoms with van der Waals surface area (Å²) in [4.78, 5) is 6.49. The van der Waals surface area contributed by atoms with Crippen LogP contribution in [-0.4, -0.2) is 31.7 Å². The number of rotatable bonds is 3. The second kappa shape index (κ2) is 3.84. The Bertz CT molecular complexity index is 310. The van der Waals surface area contributed by atoms with E-state index in [-0.39, 0.29) is 0 Å². The Morgan fingerprint density at radius 1 is 1.64 bits per heavy atom. The normalized spacial score (nSPS) is 16.6. The Kier molecular flexibility index (Phi) is 2.54. The van der Waals surface area contributed by atoms with Crippen LogP contribution in [0.15, 0.2) is 18.3 Å². The first kappa shape index (κ1) is 9.27. The topological polar surface area (TPSA) is 51.4 Å². The van der Waals surface area contributed by atoms with Gasteiger partial charge in [0.1, 0.15) is 0 Å². The van der Waals surface area contributed by atoms with Gasteiger partial charge >= 0.3 is 0 Å². The Morgan fingerprint density at radius 2 is 2.43 bits per heavy atom. The van der Waals surface area contributed by atoms with Crippen molar-refractivity contribution in [1.82, 2.24) is 4.98 Å². The zero-order valence-electron chi connectivity index (χ0n) is 8.31. The first-order valence-corrected chi connectivity index (χ1v) is 4.79. The predicted molar refractivity (Wildman–Crippen MR) is 55.5 cm³/mol. The zero-order chi connectivity index (χ0) is 9.97. The molecule has 0 saturated carbocycles. The molecule has 1 aliphatic rings. The summed E-state index contributed by atoms with van der Waals surface area (Å²) >= 11 is 0. The minimum Gasteiger partial charge on any atom is -0.493 e. The molecule has 0 aliphatic carbocycles. The Hall–Kier alpha value is -1.29. The third-order valence-electron chi connectivity index (χ3n) is 2.56. The van der Waals surface area contributed by atoms with Gasteiger partial charge in [0.2, 0.25) is 0 Å². The fourth-order valence-electron chi connectivity index (χ4n) is 1.67. The van der Waals surface area contributed by atoms with Crippen LogP contribution < -0.4 is 15.4 Å². The minimum absolute atomic E-state index is 0.613. The van der Waals surface area contributed by atoms with Crippen LogP contribution >= 0.6 is 0 Å². The van der Waals surface area contributed by atoms with Crippen molar-refractivity contribution in [2.24, 2.45) is 11.7 Å². The average Bonchev–Trinajstić information content (AvgIpc) is 2.17. The lowest BCUT2D eigenvalue weighted by atomic mass is 10.0. The number of aromatic nitrogens is 1. The molecule has 0 aromatic carbocycles. The SMILES string of the molecule is COc1cccnc1N1CC(CN)C1. The van der Waals surface area contributed by atoms with Crippen molar-refractivity contribution in [1.29, 1.82) is 0 Å². The van der Waals surface area contributed by atoms with Gasteiger partial charge in [0.15, 0.2) is 11.6 Å². The van der Waals surface area contributed by atoms with E-state index >= 15 is 0 Å². The van der Waals surface area contributed by atoms with E-state index in [1.54, 1.807) is 13.3 Å². The van der Waals surface area contributed by atoms with Crippen LogP contribution in [0.5, 0.6) is 5.75 Å². The Morgan fingerprint density at radius 3 is 3.07 bits per heavy atom. The molecule has 1 aromatic heterocycles. The highest BCUT2D eigenvalue weighted by atomic mass is 16.5. The standard InChI is InChI=1S/C10H15N3O/c1-14-9-3-2-4-12-10(9)13-6-8(5-11)7-13/h2-4,8H,5-7,11H2,1H3. The fraction of sp³-hybridized carbons (Fsp3) is 0.500. The summed E-state index contributed by atoms with van der Waals surface area (Å²) in [5.74, 6) is 2.38. The van der Waals surface area contributed by atoms with Gasteiger partial charge in [-0.3, -0.25) is 0 Å². The highest BCUT2D eigenvalue weighted by molar-refractivity contribution is 5.53. The molecule has 4 heteroatoms. The van der Waals surface area contributed by atoms with Gasteiger partial charge in [-0.25, -0.2) is 4.98 Å². The van der Waals surface area contributed by atoms with Crippen LogP contribution in [0.25, 0.3) is 0 Å². The van der Waals surface area contributed by atoms with Crippen molar-refractivity contribution in [3.8, 4) is 5.75 Å². The van der Waals surface area contributed by atoms with E-state index in [9.17, 15) is 0 Å².